The van der Waals surface area contributed by atoms with Crippen LogP contribution in [-0.4, -0.2) is 55.2 Å². The molecule has 1 aromatic rings. The molecule has 1 aliphatic heterocycles. The zero-order valence-electron chi connectivity index (χ0n) is 11.5. The van der Waals surface area contributed by atoms with Gasteiger partial charge in [0.2, 0.25) is 0 Å². The quantitative estimate of drug-likeness (QED) is 0.569. The molecule has 0 atom stereocenters. The van der Waals surface area contributed by atoms with Crippen molar-refractivity contribution in [3.8, 4) is 0 Å². The van der Waals surface area contributed by atoms with Gasteiger partial charge in [0.25, 0.3) is 0 Å². The lowest BCUT2D eigenvalue weighted by Crippen LogP contribution is -2.33. The molecule has 1 heterocycles. The summed E-state index contributed by atoms with van der Waals surface area (Å²) in [5.41, 5.74) is 7.50. The molecular weight excluding hydrogens is 320 g/mol. The summed E-state index contributed by atoms with van der Waals surface area (Å²) in [5.74, 6) is 0.0870. The maximum atomic E-state index is 9.04. The number of amidine groups is 1. The van der Waals surface area contributed by atoms with Gasteiger partial charge in [-0.05, 0) is 41.0 Å². The average molecular weight is 341 g/mol. The third kappa shape index (κ3) is 3.50. The first-order valence-electron chi connectivity index (χ1n) is 6.84. The van der Waals surface area contributed by atoms with Crippen molar-refractivity contribution in [1.82, 2.24) is 4.90 Å². The lowest BCUT2D eigenvalue weighted by atomic mass is 10.1. The van der Waals surface area contributed by atoms with E-state index in [1.807, 2.05) is 18.2 Å². The first-order chi connectivity index (χ1) is 9.63. The number of aliphatic hydroxyl groups is 1. The summed E-state index contributed by atoms with van der Waals surface area (Å²) in [6.45, 7) is 4.68. The molecule has 0 saturated carbocycles. The van der Waals surface area contributed by atoms with Gasteiger partial charge in [-0.2, -0.15) is 0 Å². The van der Waals surface area contributed by atoms with E-state index in [4.69, 9.17) is 16.2 Å². The third-order valence-corrected chi connectivity index (χ3v) is 4.27. The topological polar surface area (TPSA) is 76.6 Å². The van der Waals surface area contributed by atoms with E-state index in [2.05, 4.69) is 25.7 Å². The molecule has 0 unspecified atom stereocenters. The van der Waals surface area contributed by atoms with Crippen LogP contribution < -0.4 is 10.6 Å². The van der Waals surface area contributed by atoms with Crippen LogP contribution in [0.2, 0.25) is 0 Å². The second kappa shape index (κ2) is 7.06. The molecule has 5 nitrogen and oxygen atoms in total. The summed E-state index contributed by atoms with van der Waals surface area (Å²) in [7, 11) is 0. The molecule has 1 aromatic carbocycles. The second-order valence-corrected chi connectivity index (χ2v) is 5.81. The number of rotatable bonds is 4. The molecule has 0 aromatic heterocycles. The number of anilines is 1. The highest BCUT2D eigenvalue weighted by atomic mass is 79.9. The van der Waals surface area contributed by atoms with Gasteiger partial charge in [0, 0.05) is 36.3 Å². The van der Waals surface area contributed by atoms with Gasteiger partial charge in [-0.15, -0.1) is 0 Å². The number of nitrogens with two attached hydrogens (primary N) is 1. The molecule has 1 fully saturated rings. The van der Waals surface area contributed by atoms with Crippen LogP contribution in [0.4, 0.5) is 5.69 Å². The molecule has 2 rings (SSSR count). The number of hydrogen-bond donors (Lipinski definition) is 3. The number of halogens is 1. The number of hydrogen-bond acceptors (Lipinski definition) is 4. The largest absolute Gasteiger partial charge is 0.395 e. The minimum atomic E-state index is 0.0870. The predicted octanol–water partition coefficient (Wildman–Crippen LogP) is 1.24. The highest BCUT2D eigenvalue weighted by Gasteiger charge is 2.19. The molecule has 0 spiro atoms. The molecular formula is C14H21BrN4O. The second-order valence-electron chi connectivity index (χ2n) is 4.95. The van der Waals surface area contributed by atoms with Crippen LogP contribution in [0.25, 0.3) is 0 Å². The fraction of sp³-hybridized carbons (Fsp3) is 0.500. The van der Waals surface area contributed by atoms with Crippen LogP contribution in [0.3, 0.4) is 0 Å². The van der Waals surface area contributed by atoms with E-state index in [1.54, 1.807) is 0 Å². The first-order valence-corrected chi connectivity index (χ1v) is 7.64. The number of benzene rings is 1. The van der Waals surface area contributed by atoms with Crippen LogP contribution in [0.5, 0.6) is 0 Å². The molecule has 0 radical (unpaired) electrons. The van der Waals surface area contributed by atoms with Gasteiger partial charge in [0.15, 0.2) is 0 Å². The Morgan fingerprint density at radius 1 is 1.30 bits per heavy atom. The summed E-state index contributed by atoms with van der Waals surface area (Å²) in [6.07, 6.45) is 1.05. The van der Waals surface area contributed by atoms with Gasteiger partial charge in [-0.25, -0.2) is 0 Å². The number of nitrogen functional groups attached to an aromatic ring is 1. The van der Waals surface area contributed by atoms with Gasteiger partial charge in [-0.1, -0.05) is 6.07 Å². The van der Waals surface area contributed by atoms with Crippen molar-refractivity contribution in [2.24, 2.45) is 5.73 Å². The Morgan fingerprint density at radius 2 is 2.10 bits per heavy atom. The van der Waals surface area contributed by atoms with Crippen molar-refractivity contribution in [3.63, 3.8) is 0 Å². The minimum Gasteiger partial charge on any atom is -0.395 e. The molecule has 0 amide bonds. The predicted molar refractivity (Wildman–Crippen MR) is 85.5 cm³/mol. The van der Waals surface area contributed by atoms with E-state index in [0.29, 0.717) is 0 Å². The summed E-state index contributed by atoms with van der Waals surface area (Å²) in [6, 6.07) is 5.90. The van der Waals surface area contributed by atoms with Crippen molar-refractivity contribution in [2.75, 3.05) is 44.2 Å². The number of nitrogens with one attached hydrogen (secondary N) is 1. The molecule has 6 heteroatoms. The lowest BCUT2D eigenvalue weighted by Gasteiger charge is -2.26. The molecule has 20 heavy (non-hydrogen) atoms. The van der Waals surface area contributed by atoms with Crippen LogP contribution >= 0.6 is 15.9 Å². The highest BCUT2D eigenvalue weighted by Crippen LogP contribution is 2.28. The van der Waals surface area contributed by atoms with Crippen molar-refractivity contribution in [2.45, 2.75) is 6.42 Å². The standard InChI is InChI=1S/C14H21BrN4O/c15-11-3-1-4-12(13(11)14(16)17)19-6-2-5-18(7-8-19)9-10-20/h1,3-4,20H,2,5-10H2,(H3,16,17). The maximum Gasteiger partial charge on any atom is 0.126 e. The summed E-state index contributed by atoms with van der Waals surface area (Å²) < 4.78 is 0.860. The van der Waals surface area contributed by atoms with Gasteiger partial charge in [0.05, 0.1) is 12.2 Å². The van der Waals surface area contributed by atoms with Crippen molar-refractivity contribution in [3.05, 3.63) is 28.2 Å². The molecule has 4 N–H and O–H groups in total. The fourth-order valence-electron chi connectivity index (χ4n) is 2.62. The Labute approximate surface area is 128 Å². The molecule has 1 aliphatic rings. The monoisotopic (exact) mass is 340 g/mol. The molecule has 110 valence electrons. The summed E-state index contributed by atoms with van der Waals surface area (Å²) >= 11 is 3.48. The number of β-amino-alcohol motifs (C(OH)–C–C–N with tert-alkyl or cyclic N) is 1. The zero-order valence-corrected chi connectivity index (χ0v) is 13.1. The van der Waals surface area contributed by atoms with E-state index >= 15 is 0 Å². The summed E-state index contributed by atoms with van der Waals surface area (Å²) in [4.78, 5) is 4.55. The average Bonchev–Trinajstić information content (AvgIpc) is 2.64. The van der Waals surface area contributed by atoms with Crippen molar-refractivity contribution >= 4 is 27.5 Å². The lowest BCUT2D eigenvalue weighted by molar-refractivity contribution is 0.204. The maximum absolute atomic E-state index is 9.04. The van der Waals surface area contributed by atoms with Gasteiger partial charge >= 0.3 is 0 Å². The minimum absolute atomic E-state index is 0.0870. The Morgan fingerprint density at radius 3 is 2.80 bits per heavy atom. The van der Waals surface area contributed by atoms with Gasteiger partial charge < -0.3 is 15.7 Å². The summed E-state index contributed by atoms with van der Waals surface area (Å²) in [5, 5.41) is 16.8. The van der Waals surface area contributed by atoms with Gasteiger partial charge in [0.1, 0.15) is 5.84 Å². The SMILES string of the molecule is N=C(N)c1c(Br)cccc1N1CCCN(CCO)CC1. The Balaban J connectivity index is 2.20. The van der Waals surface area contributed by atoms with E-state index in [-0.39, 0.29) is 12.4 Å². The van der Waals surface area contributed by atoms with E-state index in [9.17, 15) is 0 Å². The molecule has 0 aliphatic carbocycles. The zero-order chi connectivity index (χ0) is 14.5. The van der Waals surface area contributed by atoms with Crippen molar-refractivity contribution in [1.29, 1.82) is 5.41 Å². The van der Waals surface area contributed by atoms with Gasteiger partial charge in [-0.3, -0.25) is 10.3 Å². The number of nitrogens with zero attached hydrogens (tertiary/aromatic N) is 2. The number of aliphatic hydroxyl groups excluding tert-OH is 1. The van der Waals surface area contributed by atoms with Crippen molar-refractivity contribution < 1.29 is 5.11 Å². The van der Waals surface area contributed by atoms with Crippen LogP contribution in [0.15, 0.2) is 22.7 Å². The van der Waals surface area contributed by atoms with Crippen LogP contribution in [0, 0.1) is 5.41 Å². The molecule has 1 saturated heterocycles. The molecule has 0 bridgehead atoms. The Hall–Kier alpha value is -1.11. The smallest absolute Gasteiger partial charge is 0.126 e. The van der Waals surface area contributed by atoms with Crippen LogP contribution in [0.1, 0.15) is 12.0 Å². The third-order valence-electron chi connectivity index (χ3n) is 3.61. The first kappa shape index (κ1) is 15.3. The Kier molecular flexibility index (Phi) is 5.39. The van der Waals surface area contributed by atoms with E-state index in [1.165, 1.54) is 0 Å². The van der Waals surface area contributed by atoms with E-state index in [0.717, 1.165) is 54.9 Å². The normalized spacial score (nSPS) is 17.0. The van der Waals surface area contributed by atoms with Crippen LogP contribution in [-0.2, 0) is 0 Å². The fourth-order valence-corrected chi connectivity index (χ4v) is 3.19. The highest BCUT2D eigenvalue weighted by molar-refractivity contribution is 9.10. The Bertz CT molecular complexity index is 480. The van der Waals surface area contributed by atoms with E-state index < -0.39 is 0 Å².